The fraction of sp³-hybridized carbons (Fsp3) is 0.394. The lowest BCUT2D eigenvalue weighted by Crippen LogP contribution is -2.53. The predicted octanol–water partition coefficient (Wildman–Crippen LogP) is 5.07. The van der Waals surface area contributed by atoms with Crippen LogP contribution in [0.25, 0.3) is 0 Å². The Morgan fingerprint density at radius 3 is 2.30 bits per heavy atom. The number of anilines is 1. The maximum atomic E-state index is 14.4. The smallest absolute Gasteiger partial charge is 0.264 e. The molecule has 0 aliphatic heterocycles. The Morgan fingerprint density at radius 2 is 1.67 bits per heavy atom. The number of nitrogens with zero attached hydrogens (tertiary/aromatic N) is 2. The van der Waals surface area contributed by atoms with E-state index in [0.717, 1.165) is 41.1 Å². The molecule has 1 atom stereocenters. The summed E-state index contributed by atoms with van der Waals surface area (Å²) in [7, 11) is -1.33. The molecule has 0 heterocycles. The van der Waals surface area contributed by atoms with Gasteiger partial charge in [-0.25, -0.2) is 8.42 Å². The molecule has 1 unspecified atom stereocenters. The van der Waals surface area contributed by atoms with Gasteiger partial charge in [0.25, 0.3) is 10.0 Å². The number of hydrogen-bond donors (Lipinski definition) is 1. The first-order valence-corrected chi connectivity index (χ1v) is 16.1. The zero-order chi connectivity index (χ0) is 31.0. The fourth-order valence-corrected chi connectivity index (χ4v) is 6.96. The SMILES string of the molecule is CCC(C(=O)NC1CCCC1)N(Cc1cccc(C)c1)C(=O)CN(c1cc(OC)ccc1OC)S(=O)(=O)c1ccccc1. The Labute approximate surface area is 254 Å². The van der Waals surface area contributed by atoms with E-state index in [4.69, 9.17) is 9.47 Å². The lowest BCUT2D eigenvalue weighted by molar-refractivity contribution is -0.140. The van der Waals surface area contributed by atoms with E-state index in [9.17, 15) is 18.0 Å². The quantitative estimate of drug-likeness (QED) is 0.291. The Morgan fingerprint density at radius 1 is 0.953 bits per heavy atom. The van der Waals surface area contributed by atoms with Gasteiger partial charge in [0.1, 0.15) is 24.1 Å². The van der Waals surface area contributed by atoms with Gasteiger partial charge < -0.3 is 19.7 Å². The average Bonchev–Trinajstić information content (AvgIpc) is 3.52. The summed E-state index contributed by atoms with van der Waals surface area (Å²) in [6.07, 6.45) is 4.30. The van der Waals surface area contributed by atoms with Crippen molar-refractivity contribution in [1.82, 2.24) is 10.2 Å². The minimum Gasteiger partial charge on any atom is -0.497 e. The van der Waals surface area contributed by atoms with Crippen molar-refractivity contribution in [3.63, 3.8) is 0 Å². The zero-order valence-corrected chi connectivity index (χ0v) is 26.1. The maximum absolute atomic E-state index is 14.4. The van der Waals surface area contributed by atoms with Gasteiger partial charge in [0, 0.05) is 18.7 Å². The van der Waals surface area contributed by atoms with Gasteiger partial charge in [-0.15, -0.1) is 0 Å². The van der Waals surface area contributed by atoms with E-state index in [-0.39, 0.29) is 34.8 Å². The fourth-order valence-electron chi connectivity index (χ4n) is 5.52. The third kappa shape index (κ3) is 7.67. The van der Waals surface area contributed by atoms with Crippen LogP contribution >= 0.6 is 0 Å². The van der Waals surface area contributed by atoms with Crippen LogP contribution in [-0.2, 0) is 26.2 Å². The number of nitrogens with one attached hydrogen (secondary N) is 1. The molecule has 2 amide bonds. The minimum absolute atomic E-state index is 0.0175. The summed E-state index contributed by atoms with van der Waals surface area (Å²) in [6, 6.07) is 19.7. The molecular formula is C33H41N3O6S. The Bertz CT molecular complexity index is 1510. The molecule has 1 N–H and O–H groups in total. The maximum Gasteiger partial charge on any atom is 0.264 e. The van der Waals surface area contributed by atoms with E-state index in [1.807, 2.05) is 38.1 Å². The largest absolute Gasteiger partial charge is 0.497 e. The summed E-state index contributed by atoms with van der Waals surface area (Å²) in [5.41, 5.74) is 2.01. The molecule has 0 spiro atoms. The number of rotatable bonds is 13. The molecule has 230 valence electrons. The molecule has 0 aromatic heterocycles. The highest BCUT2D eigenvalue weighted by Gasteiger charge is 2.35. The topological polar surface area (TPSA) is 105 Å². The number of aryl methyl sites for hydroxylation is 1. The summed E-state index contributed by atoms with van der Waals surface area (Å²) in [4.78, 5) is 29.5. The highest BCUT2D eigenvalue weighted by molar-refractivity contribution is 7.92. The standard InChI is InChI=1S/C33H41N3O6S/c1-5-29(33(38)34-26-14-9-10-15-26)35(22-25-13-11-12-24(2)20-25)32(37)23-36(43(39,40)28-16-7-6-8-17-28)30-21-27(41-3)18-19-31(30)42-4/h6-8,11-13,16-21,26,29H,5,9-10,14-15,22-23H2,1-4H3,(H,34,38). The number of hydrogen-bond acceptors (Lipinski definition) is 6. The molecule has 1 saturated carbocycles. The molecule has 9 nitrogen and oxygen atoms in total. The van der Waals surface area contributed by atoms with Crippen molar-refractivity contribution in [3.8, 4) is 11.5 Å². The van der Waals surface area contributed by atoms with E-state index < -0.39 is 28.5 Å². The number of amides is 2. The van der Waals surface area contributed by atoms with Crippen LogP contribution in [0.1, 0.15) is 50.2 Å². The number of ether oxygens (including phenoxy) is 2. The Hall–Kier alpha value is -4.05. The number of carbonyl (C=O) groups is 2. The van der Waals surface area contributed by atoms with Crippen LogP contribution in [0.15, 0.2) is 77.7 Å². The average molecular weight is 608 g/mol. The van der Waals surface area contributed by atoms with Crippen molar-refractivity contribution in [2.75, 3.05) is 25.1 Å². The monoisotopic (exact) mass is 607 g/mol. The van der Waals surface area contributed by atoms with Gasteiger partial charge in [-0.2, -0.15) is 0 Å². The molecule has 3 aromatic carbocycles. The Kier molecular flexibility index (Phi) is 10.7. The van der Waals surface area contributed by atoms with Crippen LogP contribution in [0.4, 0.5) is 5.69 Å². The van der Waals surface area contributed by atoms with Crippen molar-refractivity contribution in [3.05, 3.63) is 83.9 Å². The normalized spacial score (nSPS) is 14.1. The lowest BCUT2D eigenvalue weighted by Gasteiger charge is -2.34. The molecule has 4 rings (SSSR count). The van der Waals surface area contributed by atoms with E-state index in [0.29, 0.717) is 12.2 Å². The summed E-state index contributed by atoms with van der Waals surface area (Å²) >= 11 is 0. The molecule has 1 fully saturated rings. The van der Waals surface area contributed by atoms with Crippen molar-refractivity contribution < 1.29 is 27.5 Å². The van der Waals surface area contributed by atoms with Crippen LogP contribution in [0.5, 0.6) is 11.5 Å². The first-order valence-electron chi connectivity index (χ1n) is 14.6. The third-order valence-corrected chi connectivity index (χ3v) is 9.56. The van der Waals surface area contributed by atoms with Crippen molar-refractivity contribution in [2.24, 2.45) is 0 Å². The second-order valence-electron chi connectivity index (χ2n) is 10.8. The number of benzene rings is 3. The minimum atomic E-state index is -4.24. The van der Waals surface area contributed by atoms with Gasteiger partial charge in [0.2, 0.25) is 11.8 Å². The molecule has 1 aliphatic carbocycles. The molecule has 0 bridgehead atoms. The summed E-state index contributed by atoms with van der Waals surface area (Å²) in [5.74, 6) is -0.0917. The third-order valence-electron chi connectivity index (χ3n) is 7.79. The van der Waals surface area contributed by atoms with Crippen LogP contribution < -0.4 is 19.1 Å². The van der Waals surface area contributed by atoms with Gasteiger partial charge in [-0.05, 0) is 56.0 Å². The van der Waals surface area contributed by atoms with Gasteiger partial charge in [-0.3, -0.25) is 13.9 Å². The van der Waals surface area contributed by atoms with Crippen LogP contribution in [0, 0.1) is 6.92 Å². The van der Waals surface area contributed by atoms with Gasteiger partial charge in [-0.1, -0.05) is 67.8 Å². The molecule has 0 saturated heterocycles. The van der Waals surface area contributed by atoms with E-state index in [1.54, 1.807) is 30.3 Å². The van der Waals surface area contributed by atoms with Gasteiger partial charge in [0.15, 0.2) is 0 Å². The second-order valence-corrected chi connectivity index (χ2v) is 12.6. The lowest BCUT2D eigenvalue weighted by atomic mass is 10.1. The molecule has 1 aliphatic rings. The van der Waals surface area contributed by atoms with Crippen LogP contribution in [0.2, 0.25) is 0 Å². The van der Waals surface area contributed by atoms with E-state index in [2.05, 4.69) is 5.32 Å². The first kappa shape index (κ1) is 31.9. The van der Waals surface area contributed by atoms with Crippen LogP contribution in [-0.4, -0.2) is 58.0 Å². The number of sulfonamides is 1. The molecule has 10 heteroatoms. The molecule has 3 aromatic rings. The molecular weight excluding hydrogens is 566 g/mol. The van der Waals surface area contributed by atoms with E-state index in [1.165, 1.54) is 37.3 Å². The Balaban J connectivity index is 1.77. The summed E-state index contributed by atoms with van der Waals surface area (Å²) in [6.45, 7) is 3.41. The zero-order valence-electron chi connectivity index (χ0n) is 25.3. The highest BCUT2D eigenvalue weighted by atomic mass is 32.2. The molecule has 0 radical (unpaired) electrons. The summed E-state index contributed by atoms with van der Waals surface area (Å²) < 4.78 is 40.3. The predicted molar refractivity (Wildman–Crippen MR) is 167 cm³/mol. The second kappa shape index (κ2) is 14.4. The van der Waals surface area contributed by atoms with Gasteiger partial charge >= 0.3 is 0 Å². The van der Waals surface area contributed by atoms with Gasteiger partial charge in [0.05, 0.1) is 24.8 Å². The number of methoxy groups -OCH3 is 2. The highest BCUT2D eigenvalue weighted by Crippen LogP contribution is 2.36. The first-order chi connectivity index (χ1) is 20.7. The number of carbonyl (C=O) groups excluding carboxylic acids is 2. The van der Waals surface area contributed by atoms with Crippen molar-refractivity contribution in [1.29, 1.82) is 0 Å². The van der Waals surface area contributed by atoms with Crippen molar-refractivity contribution >= 4 is 27.5 Å². The van der Waals surface area contributed by atoms with Crippen molar-refractivity contribution in [2.45, 2.75) is 69.5 Å². The molecule has 43 heavy (non-hydrogen) atoms. The van der Waals surface area contributed by atoms with E-state index >= 15 is 0 Å². The van der Waals surface area contributed by atoms with Crippen LogP contribution in [0.3, 0.4) is 0 Å². The summed E-state index contributed by atoms with van der Waals surface area (Å²) in [5, 5.41) is 3.14.